The van der Waals surface area contributed by atoms with E-state index in [-0.39, 0.29) is 0 Å². The van der Waals surface area contributed by atoms with Gasteiger partial charge in [-0.3, -0.25) is 0 Å². The van der Waals surface area contributed by atoms with Gasteiger partial charge in [0, 0.05) is 55.9 Å². The highest BCUT2D eigenvalue weighted by atomic mass is 19.1. The summed E-state index contributed by atoms with van der Waals surface area (Å²) in [4.78, 5) is 16.6. The summed E-state index contributed by atoms with van der Waals surface area (Å²) in [5.41, 5.74) is 1.79. The SMILES string of the molecule is Cc1cc(N2CCN(c3ccnc(F)c3)CC2)n2ncnc2n1. The summed E-state index contributed by atoms with van der Waals surface area (Å²) >= 11 is 0. The highest BCUT2D eigenvalue weighted by molar-refractivity contribution is 5.51. The molecule has 7 nitrogen and oxygen atoms in total. The molecule has 0 spiro atoms. The number of fused-ring (bicyclic) bond motifs is 1. The Kier molecular flexibility index (Phi) is 3.29. The van der Waals surface area contributed by atoms with E-state index < -0.39 is 5.95 Å². The van der Waals surface area contributed by atoms with Crippen molar-refractivity contribution in [1.82, 2.24) is 24.6 Å². The van der Waals surface area contributed by atoms with Crippen LogP contribution in [0.1, 0.15) is 5.69 Å². The van der Waals surface area contributed by atoms with E-state index in [4.69, 9.17) is 0 Å². The second kappa shape index (κ2) is 5.45. The van der Waals surface area contributed by atoms with Gasteiger partial charge in [0.15, 0.2) is 0 Å². The monoisotopic (exact) mass is 313 g/mol. The first-order valence-corrected chi connectivity index (χ1v) is 7.49. The number of pyridine rings is 1. The number of halogens is 1. The summed E-state index contributed by atoms with van der Waals surface area (Å²) in [5.74, 6) is 1.16. The van der Waals surface area contributed by atoms with Gasteiger partial charge in [-0.25, -0.2) is 9.97 Å². The molecule has 4 rings (SSSR count). The van der Waals surface area contributed by atoms with Crippen LogP contribution in [0.25, 0.3) is 5.78 Å². The number of hydrogen-bond donors (Lipinski definition) is 0. The molecule has 0 aliphatic carbocycles. The van der Waals surface area contributed by atoms with Gasteiger partial charge < -0.3 is 9.80 Å². The Morgan fingerprint density at radius 2 is 1.83 bits per heavy atom. The van der Waals surface area contributed by atoms with Crippen LogP contribution in [-0.4, -0.2) is 50.7 Å². The molecule has 118 valence electrons. The third-order valence-electron chi connectivity index (χ3n) is 4.04. The first-order valence-electron chi connectivity index (χ1n) is 7.49. The van der Waals surface area contributed by atoms with Crippen molar-refractivity contribution in [3.05, 3.63) is 42.4 Å². The average molecular weight is 313 g/mol. The molecule has 1 fully saturated rings. The van der Waals surface area contributed by atoms with Gasteiger partial charge in [-0.15, -0.1) is 0 Å². The molecule has 1 aliphatic rings. The van der Waals surface area contributed by atoms with Crippen LogP contribution in [-0.2, 0) is 0 Å². The molecule has 0 radical (unpaired) electrons. The van der Waals surface area contributed by atoms with Gasteiger partial charge in [0.05, 0.1) is 0 Å². The quantitative estimate of drug-likeness (QED) is 0.665. The molecule has 0 N–H and O–H groups in total. The lowest BCUT2D eigenvalue weighted by Crippen LogP contribution is -2.47. The molecular formula is C15H16FN7. The van der Waals surface area contributed by atoms with Crippen molar-refractivity contribution in [2.24, 2.45) is 0 Å². The molecule has 4 heterocycles. The summed E-state index contributed by atoms with van der Waals surface area (Å²) < 4.78 is 15.0. The zero-order valence-corrected chi connectivity index (χ0v) is 12.7. The van der Waals surface area contributed by atoms with Gasteiger partial charge in [0.1, 0.15) is 12.1 Å². The molecule has 1 saturated heterocycles. The number of aryl methyl sites for hydroxylation is 1. The Morgan fingerprint density at radius 3 is 2.61 bits per heavy atom. The van der Waals surface area contributed by atoms with E-state index in [9.17, 15) is 4.39 Å². The van der Waals surface area contributed by atoms with Crippen molar-refractivity contribution in [2.75, 3.05) is 36.0 Å². The molecule has 1 aliphatic heterocycles. The van der Waals surface area contributed by atoms with Crippen LogP contribution in [0.2, 0.25) is 0 Å². The van der Waals surface area contributed by atoms with Crippen LogP contribution in [0.15, 0.2) is 30.7 Å². The maximum absolute atomic E-state index is 13.3. The van der Waals surface area contributed by atoms with E-state index in [0.29, 0.717) is 5.78 Å². The van der Waals surface area contributed by atoms with Gasteiger partial charge in [-0.1, -0.05) is 0 Å². The van der Waals surface area contributed by atoms with E-state index in [1.165, 1.54) is 18.6 Å². The van der Waals surface area contributed by atoms with Crippen LogP contribution in [0.5, 0.6) is 0 Å². The van der Waals surface area contributed by atoms with Crippen molar-refractivity contribution < 1.29 is 4.39 Å². The summed E-state index contributed by atoms with van der Waals surface area (Å²) in [5, 5.41) is 4.25. The van der Waals surface area contributed by atoms with Crippen molar-refractivity contribution in [1.29, 1.82) is 0 Å². The molecule has 0 saturated carbocycles. The maximum atomic E-state index is 13.3. The number of nitrogens with zero attached hydrogens (tertiary/aromatic N) is 7. The normalized spacial score (nSPS) is 15.4. The zero-order valence-electron chi connectivity index (χ0n) is 12.7. The lowest BCUT2D eigenvalue weighted by Gasteiger charge is -2.37. The molecule has 0 atom stereocenters. The fraction of sp³-hybridized carbons (Fsp3) is 0.333. The smallest absolute Gasteiger partial charge is 0.254 e. The van der Waals surface area contributed by atoms with Crippen molar-refractivity contribution in [3.63, 3.8) is 0 Å². The molecule has 3 aromatic rings. The fourth-order valence-electron chi connectivity index (χ4n) is 2.92. The van der Waals surface area contributed by atoms with Gasteiger partial charge >= 0.3 is 0 Å². The Hall–Kier alpha value is -2.77. The van der Waals surface area contributed by atoms with Crippen LogP contribution in [0.3, 0.4) is 0 Å². The Bertz CT molecular complexity index is 839. The number of hydrogen-bond acceptors (Lipinski definition) is 6. The summed E-state index contributed by atoms with van der Waals surface area (Å²) in [7, 11) is 0. The standard InChI is InChI=1S/C15H16FN7/c1-11-8-14(23-15(20-11)18-10-19-23)22-6-4-21(5-7-22)12-2-3-17-13(16)9-12/h2-3,8-10H,4-7H2,1H3. The van der Waals surface area contributed by atoms with Crippen molar-refractivity contribution >= 4 is 17.3 Å². The molecule has 0 unspecified atom stereocenters. The molecule has 3 aromatic heterocycles. The van der Waals surface area contributed by atoms with Crippen molar-refractivity contribution in [2.45, 2.75) is 6.92 Å². The van der Waals surface area contributed by atoms with E-state index in [1.807, 2.05) is 19.1 Å². The molecule has 0 amide bonds. The molecule has 0 bridgehead atoms. The first kappa shape index (κ1) is 13.9. The van der Waals surface area contributed by atoms with Gasteiger partial charge in [0.2, 0.25) is 5.95 Å². The van der Waals surface area contributed by atoms with E-state index in [0.717, 1.165) is 43.4 Å². The summed E-state index contributed by atoms with van der Waals surface area (Å²) in [6, 6.07) is 5.33. The third kappa shape index (κ3) is 2.56. The van der Waals surface area contributed by atoms with Crippen LogP contribution in [0, 0.1) is 12.9 Å². The summed E-state index contributed by atoms with van der Waals surface area (Å²) in [6.07, 6.45) is 3.02. The van der Waals surface area contributed by atoms with Crippen molar-refractivity contribution in [3.8, 4) is 0 Å². The topological polar surface area (TPSA) is 62.5 Å². The minimum Gasteiger partial charge on any atom is -0.368 e. The largest absolute Gasteiger partial charge is 0.368 e. The van der Waals surface area contributed by atoms with Gasteiger partial charge in [-0.05, 0) is 13.0 Å². The number of aromatic nitrogens is 5. The fourth-order valence-corrected chi connectivity index (χ4v) is 2.92. The van der Waals surface area contributed by atoms with Gasteiger partial charge in [0.25, 0.3) is 5.78 Å². The number of rotatable bonds is 2. The van der Waals surface area contributed by atoms with Gasteiger partial charge in [-0.2, -0.15) is 19.0 Å². The van der Waals surface area contributed by atoms with E-state index in [2.05, 4.69) is 29.9 Å². The maximum Gasteiger partial charge on any atom is 0.254 e. The first-order chi connectivity index (χ1) is 11.2. The highest BCUT2D eigenvalue weighted by Crippen LogP contribution is 2.21. The Labute approximate surface area is 132 Å². The van der Waals surface area contributed by atoms with Crippen LogP contribution in [0.4, 0.5) is 15.9 Å². The molecule has 23 heavy (non-hydrogen) atoms. The second-order valence-corrected chi connectivity index (χ2v) is 5.54. The summed E-state index contributed by atoms with van der Waals surface area (Å²) in [6.45, 7) is 5.21. The van der Waals surface area contributed by atoms with Crippen LogP contribution >= 0.6 is 0 Å². The lowest BCUT2D eigenvalue weighted by molar-refractivity contribution is 0.580. The van der Waals surface area contributed by atoms with E-state index in [1.54, 1.807) is 4.52 Å². The molecular weight excluding hydrogens is 297 g/mol. The number of piperazine rings is 1. The number of anilines is 2. The Balaban J connectivity index is 1.56. The van der Waals surface area contributed by atoms with Crippen LogP contribution < -0.4 is 9.80 Å². The molecule has 0 aromatic carbocycles. The highest BCUT2D eigenvalue weighted by Gasteiger charge is 2.20. The predicted octanol–water partition coefficient (Wildman–Crippen LogP) is 1.29. The predicted molar refractivity (Wildman–Crippen MR) is 84.1 cm³/mol. The zero-order chi connectivity index (χ0) is 15.8. The minimum atomic E-state index is -0.445. The second-order valence-electron chi connectivity index (χ2n) is 5.54. The average Bonchev–Trinajstić information content (AvgIpc) is 3.02. The Morgan fingerprint density at radius 1 is 1.04 bits per heavy atom. The van der Waals surface area contributed by atoms with E-state index >= 15 is 0 Å². The third-order valence-corrected chi connectivity index (χ3v) is 4.04. The molecule has 8 heteroatoms. The lowest BCUT2D eigenvalue weighted by atomic mass is 10.2. The minimum absolute atomic E-state index is 0.445.